The molecule has 0 saturated heterocycles. The summed E-state index contributed by atoms with van der Waals surface area (Å²) in [4.78, 5) is 9.17. The van der Waals surface area contributed by atoms with Gasteiger partial charge < -0.3 is 4.74 Å². The van der Waals surface area contributed by atoms with E-state index in [1.165, 1.54) is 82.6 Å². The van der Waals surface area contributed by atoms with Gasteiger partial charge >= 0.3 is 0 Å². The Kier molecular flexibility index (Phi) is 14.2. The summed E-state index contributed by atoms with van der Waals surface area (Å²) in [6, 6.07) is 8.14. The van der Waals surface area contributed by atoms with Gasteiger partial charge in [0.05, 0.1) is 6.61 Å². The number of unbranched alkanes of at least 4 members (excludes halogenated alkanes) is 12. The van der Waals surface area contributed by atoms with E-state index in [4.69, 9.17) is 4.74 Å². The van der Waals surface area contributed by atoms with E-state index in [1.54, 1.807) is 0 Å². The largest absolute Gasteiger partial charge is 0.494 e. The number of aryl methyl sites for hydroxylation is 1. The standard InChI is InChI=1S/C29H44N2O/c1-3-5-7-9-11-12-13-14-16-18-26-24-30-29(31-25-26)27-19-21-28(22-20-27)32-23-17-15-10-8-6-4-2/h4,19-22,24-25H,2-3,5-18,23H2,1H3. The smallest absolute Gasteiger partial charge is 0.159 e. The van der Waals surface area contributed by atoms with Gasteiger partial charge in [-0.05, 0) is 61.9 Å². The fourth-order valence-corrected chi connectivity index (χ4v) is 3.91. The normalized spacial score (nSPS) is 10.9. The first-order chi connectivity index (χ1) is 15.8. The number of aromatic nitrogens is 2. The van der Waals surface area contributed by atoms with Crippen molar-refractivity contribution in [1.82, 2.24) is 9.97 Å². The minimum atomic E-state index is 0.775. The Hall–Kier alpha value is -2.16. The van der Waals surface area contributed by atoms with Gasteiger partial charge in [-0.3, -0.25) is 0 Å². The molecule has 0 N–H and O–H groups in total. The van der Waals surface area contributed by atoms with Gasteiger partial charge in [-0.25, -0.2) is 9.97 Å². The Morgan fingerprint density at radius 2 is 1.34 bits per heavy atom. The van der Waals surface area contributed by atoms with E-state index in [0.717, 1.165) is 43.0 Å². The maximum Gasteiger partial charge on any atom is 0.159 e. The molecule has 0 fully saturated rings. The van der Waals surface area contributed by atoms with Crippen molar-refractivity contribution in [1.29, 1.82) is 0 Å². The molecular weight excluding hydrogens is 392 g/mol. The Bertz CT molecular complexity index is 709. The van der Waals surface area contributed by atoms with Crippen LogP contribution in [0.2, 0.25) is 0 Å². The molecule has 0 spiro atoms. The van der Waals surface area contributed by atoms with E-state index in [9.17, 15) is 0 Å². The maximum absolute atomic E-state index is 5.86. The van der Waals surface area contributed by atoms with Gasteiger partial charge in [0.2, 0.25) is 0 Å². The number of ether oxygens (including phenoxy) is 1. The van der Waals surface area contributed by atoms with E-state index >= 15 is 0 Å². The Morgan fingerprint density at radius 3 is 2.00 bits per heavy atom. The molecule has 2 rings (SSSR count). The van der Waals surface area contributed by atoms with Gasteiger partial charge in [0.15, 0.2) is 5.82 Å². The molecule has 1 aromatic heterocycles. The minimum absolute atomic E-state index is 0.775. The average Bonchev–Trinajstić information content (AvgIpc) is 2.83. The minimum Gasteiger partial charge on any atom is -0.494 e. The molecule has 1 aromatic carbocycles. The van der Waals surface area contributed by atoms with Crippen LogP contribution in [0.25, 0.3) is 11.4 Å². The summed E-state index contributed by atoms with van der Waals surface area (Å²) in [5.74, 6) is 1.71. The lowest BCUT2D eigenvalue weighted by Crippen LogP contribution is -1.97. The molecule has 176 valence electrons. The van der Waals surface area contributed by atoms with Crippen molar-refractivity contribution in [3.63, 3.8) is 0 Å². The lowest BCUT2D eigenvalue weighted by atomic mass is 10.1. The third-order valence-corrected chi connectivity index (χ3v) is 5.96. The number of hydrogen-bond acceptors (Lipinski definition) is 3. The van der Waals surface area contributed by atoms with Crippen molar-refractivity contribution >= 4 is 0 Å². The summed E-state index contributed by atoms with van der Waals surface area (Å²) in [5.41, 5.74) is 2.28. The molecular formula is C29H44N2O. The summed E-state index contributed by atoms with van der Waals surface area (Å²) >= 11 is 0. The van der Waals surface area contributed by atoms with E-state index in [0.29, 0.717) is 0 Å². The van der Waals surface area contributed by atoms with E-state index in [-0.39, 0.29) is 0 Å². The topological polar surface area (TPSA) is 35.0 Å². The van der Waals surface area contributed by atoms with Crippen molar-refractivity contribution in [2.45, 2.75) is 103 Å². The van der Waals surface area contributed by atoms with Crippen LogP contribution in [0.4, 0.5) is 0 Å². The van der Waals surface area contributed by atoms with Crippen molar-refractivity contribution in [2.75, 3.05) is 6.61 Å². The maximum atomic E-state index is 5.86. The lowest BCUT2D eigenvalue weighted by molar-refractivity contribution is 0.305. The van der Waals surface area contributed by atoms with E-state index in [2.05, 4.69) is 35.6 Å². The zero-order valence-electron chi connectivity index (χ0n) is 20.4. The summed E-state index contributed by atoms with van der Waals surface area (Å²) in [5, 5.41) is 0. The first-order valence-corrected chi connectivity index (χ1v) is 13.0. The van der Waals surface area contributed by atoms with Gasteiger partial charge in [-0.1, -0.05) is 77.2 Å². The summed E-state index contributed by atoms with van der Waals surface area (Å²) in [6.45, 7) is 6.81. The van der Waals surface area contributed by atoms with Gasteiger partial charge in [0, 0.05) is 18.0 Å². The third kappa shape index (κ3) is 11.5. The zero-order valence-corrected chi connectivity index (χ0v) is 20.4. The Morgan fingerprint density at radius 1 is 0.750 bits per heavy atom. The van der Waals surface area contributed by atoms with Gasteiger partial charge in [-0.15, -0.1) is 6.58 Å². The summed E-state index contributed by atoms with van der Waals surface area (Å²) < 4.78 is 5.86. The molecule has 0 aliphatic rings. The van der Waals surface area contributed by atoms with Gasteiger partial charge in [0.1, 0.15) is 5.75 Å². The van der Waals surface area contributed by atoms with Crippen LogP contribution in [-0.2, 0) is 6.42 Å². The summed E-state index contributed by atoms with van der Waals surface area (Å²) in [7, 11) is 0. The molecule has 0 aliphatic carbocycles. The molecule has 0 aliphatic heterocycles. The molecule has 3 heteroatoms. The lowest BCUT2D eigenvalue weighted by Gasteiger charge is -2.07. The van der Waals surface area contributed by atoms with Crippen LogP contribution in [-0.4, -0.2) is 16.6 Å². The highest BCUT2D eigenvalue weighted by molar-refractivity contribution is 5.55. The highest BCUT2D eigenvalue weighted by Gasteiger charge is 2.03. The van der Waals surface area contributed by atoms with Crippen LogP contribution in [0.15, 0.2) is 49.3 Å². The number of allylic oxidation sites excluding steroid dienone is 1. The summed E-state index contributed by atoms with van der Waals surface area (Å²) in [6.07, 6.45) is 25.2. The zero-order chi connectivity index (χ0) is 22.7. The predicted octanol–water partition coefficient (Wildman–Crippen LogP) is 8.73. The average molecular weight is 437 g/mol. The van der Waals surface area contributed by atoms with Crippen molar-refractivity contribution in [3.05, 3.63) is 54.9 Å². The number of rotatable bonds is 19. The van der Waals surface area contributed by atoms with Crippen LogP contribution in [0, 0.1) is 0 Å². The molecule has 1 heterocycles. The fraction of sp³-hybridized carbons (Fsp3) is 0.586. The van der Waals surface area contributed by atoms with Crippen LogP contribution in [0.1, 0.15) is 102 Å². The third-order valence-electron chi connectivity index (χ3n) is 5.96. The quantitative estimate of drug-likeness (QED) is 0.163. The Labute approximate surface area is 196 Å². The number of benzene rings is 1. The second-order valence-corrected chi connectivity index (χ2v) is 8.86. The molecule has 2 aromatic rings. The van der Waals surface area contributed by atoms with E-state index in [1.807, 2.05) is 30.6 Å². The second kappa shape index (κ2) is 17.4. The molecule has 0 amide bonds. The van der Waals surface area contributed by atoms with Gasteiger partial charge in [-0.2, -0.15) is 0 Å². The predicted molar refractivity (Wildman–Crippen MR) is 137 cm³/mol. The first-order valence-electron chi connectivity index (χ1n) is 13.0. The van der Waals surface area contributed by atoms with Crippen molar-refractivity contribution in [2.24, 2.45) is 0 Å². The molecule has 0 radical (unpaired) electrons. The van der Waals surface area contributed by atoms with Crippen LogP contribution in [0.5, 0.6) is 5.75 Å². The van der Waals surface area contributed by atoms with Crippen LogP contribution in [0.3, 0.4) is 0 Å². The highest BCUT2D eigenvalue weighted by atomic mass is 16.5. The van der Waals surface area contributed by atoms with Crippen LogP contribution >= 0.6 is 0 Å². The van der Waals surface area contributed by atoms with Crippen molar-refractivity contribution in [3.8, 4) is 17.1 Å². The molecule has 32 heavy (non-hydrogen) atoms. The molecule has 0 unspecified atom stereocenters. The van der Waals surface area contributed by atoms with E-state index < -0.39 is 0 Å². The SMILES string of the molecule is C=CCCCCCCOc1ccc(-c2ncc(CCCCCCCCCCC)cn2)cc1. The molecule has 0 atom stereocenters. The van der Waals surface area contributed by atoms with Crippen molar-refractivity contribution < 1.29 is 4.74 Å². The number of hydrogen-bond donors (Lipinski definition) is 0. The van der Waals surface area contributed by atoms with Gasteiger partial charge in [0.25, 0.3) is 0 Å². The molecule has 3 nitrogen and oxygen atoms in total. The number of nitrogens with zero attached hydrogens (tertiary/aromatic N) is 2. The fourth-order valence-electron chi connectivity index (χ4n) is 3.91. The monoisotopic (exact) mass is 436 g/mol. The Balaban J connectivity index is 1.61. The molecule has 0 saturated carbocycles. The first kappa shape index (κ1) is 26.1. The van der Waals surface area contributed by atoms with Crippen LogP contribution < -0.4 is 4.74 Å². The second-order valence-electron chi connectivity index (χ2n) is 8.86. The highest BCUT2D eigenvalue weighted by Crippen LogP contribution is 2.20. The molecule has 0 bridgehead atoms.